The van der Waals surface area contributed by atoms with Gasteiger partial charge in [-0.2, -0.15) is 0 Å². The van der Waals surface area contributed by atoms with Crippen LogP contribution in [0.2, 0.25) is 0 Å². The zero-order valence-corrected chi connectivity index (χ0v) is 9.79. The molecule has 3 unspecified atom stereocenters. The molecule has 0 bridgehead atoms. The average Bonchev–Trinajstić information content (AvgIpc) is 2.54. The second-order valence-electron chi connectivity index (χ2n) is 4.52. The molecule has 86 valence electrons. The van der Waals surface area contributed by atoms with E-state index in [1.165, 1.54) is 0 Å². The number of carbonyl (C=O) groups is 2. The highest BCUT2D eigenvalue weighted by molar-refractivity contribution is 5.94. The summed E-state index contributed by atoms with van der Waals surface area (Å²) in [4.78, 5) is 22.4. The Labute approximate surface area is 91.2 Å². The summed E-state index contributed by atoms with van der Waals surface area (Å²) in [7, 11) is 0. The van der Waals surface area contributed by atoms with Crippen LogP contribution in [-0.2, 0) is 14.3 Å². The van der Waals surface area contributed by atoms with Crippen molar-refractivity contribution in [3.8, 4) is 0 Å². The van der Waals surface area contributed by atoms with Crippen LogP contribution in [0.1, 0.15) is 46.5 Å². The lowest BCUT2D eigenvalue weighted by Crippen LogP contribution is -2.21. The Bertz CT molecular complexity index is 247. The van der Waals surface area contributed by atoms with Gasteiger partial charge in [-0.05, 0) is 18.3 Å². The first-order chi connectivity index (χ1) is 7.08. The molecule has 1 heterocycles. The van der Waals surface area contributed by atoms with Crippen molar-refractivity contribution < 1.29 is 14.3 Å². The van der Waals surface area contributed by atoms with Gasteiger partial charge >= 0.3 is 11.9 Å². The van der Waals surface area contributed by atoms with E-state index < -0.39 is 0 Å². The molecule has 1 fully saturated rings. The van der Waals surface area contributed by atoms with Crippen molar-refractivity contribution in [1.82, 2.24) is 0 Å². The van der Waals surface area contributed by atoms with Crippen LogP contribution in [0, 0.1) is 17.8 Å². The Morgan fingerprint density at radius 1 is 1.33 bits per heavy atom. The fourth-order valence-electron chi connectivity index (χ4n) is 2.15. The van der Waals surface area contributed by atoms with Gasteiger partial charge in [0.15, 0.2) is 0 Å². The molecule has 0 aromatic heterocycles. The summed E-state index contributed by atoms with van der Waals surface area (Å²) >= 11 is 0. The molecule has 1 rings (SSSR count). The van der Waals surface area contributed by atoms with Crippen LogP contribution in [0.3, 0.4) is 0 Å². The minimum atomic E-state index is -0.354. The van der Waals surface area contributed by atoms with Gasteiger partial charge in [0.05, 0.1) is 12.3 Å². The zero-order chi connectivity index (χ0) is 11.4. The van der Waals surface area contributed by atoms with Crippen LogP contribution >= 0.6 is 0 Å². The third kappa shape index (κ3) is 3.05. The Balaban J connectivity index is 2.58. The van der Waals surface area contributed by atoms with Gasteiger partial charge in [-0.15, -0.1) is 0 Å². The zero-order valence-electron chi connectivity index (χ0n) is 9.79. The molecule has 3 heteroatoms. The smallest absolute Gasteiger partial charge is 0.317 e. The standard InChI is InChI=1S/C12H20O3/c1-4-8(3)6-9(5-2)10-7-11(13)15-12(10)14/h8-10H,4-7H2,1-3H3. The largest absolute Gasteiger partial charge is 0.393 e. The quantitative estimate of drug-likeness (QED) is 0.519. The lowest BCUT2D eigenvalue weighted by atomic mass is 9.81. The molecule has 3 atom stereocenters. The van der Waals surface area contributed by atoms with Gasteiger partial charge < -0.3 is 4.74 Å². The van der Waals surface area contributed by atoms with Crippen LogP contribution in [0.25, 0.3) is 0 Å². The van der Waals surface area contributed by atoms with Crippen molar-refractivity contribution in [3.05, 3.63) is 0 Å². The molecule has 0 N–H and O–H groups in total. The minimum Gasteiger partial charge on any atom is -0.393 e. The van der Waals surface area contributed by atoms with Crippen LogP contribution in [-0.4, -0.2) is 11.9 Å². The van der Waals surface area contributed by atoms with E-state index in [1.54, 1.807) is 0 Å². The number of esters is 2. The van der Waals surface area contributed by atoms with Gasteiger partial charge in [0, 0.05) is 0 Å². The lowest BCUT2D eigenvalue weighted by Gasteiger charge is -2.21. The highest BCUT2D eigenvalue weighted by atomic mass is 16.6. The second kappa shape index (κ2) is 5.29. The third-order valence-corrected chi connectivity index (χ3v) is 3.40. The van der Waals surface area contributed by atoms with E-state index in [9.17, 15) is 9.59 Å². The van der Waals surface area contributed by atoms with Crippen molar-refractivity contribution in [3.63, 3.8) is 0 Å². The topological polar surface area (TPSA) is 43.4 Å². The van der Waals surface area contributed by atoms with Crippen molar-refractivity contribution in [1.29, 1.82) is 0 Å². The average molecular weight is 212 g/mol. The fraction of sp³-hybridized carbons (Fsp3) is 0.833. The molecule has 0 radical (unpaired) electrons. The van der Waals surface area contributed by atoms with Crippen molar-refractivity contribution in [2.75, 3.05) is 0 Å². The Morgan fingerprint density at radius 2 is 2.00 bits per heavy atom. The van der Waals surface area contributed by atoms with Crippen molar-refractivity contribution in [2.24, 2.45) is 17.8 Å². The maximum atomic E-state index is 11.4. The number of ether oxygens (including phenoxy) is 1. The molecular formula is C12H20O3. The molecule has 0 aliphatic carbocycles. The molecule has 3 nitrogen and oxygen atoms in total. The first-order valence-electron chi connectivity index (χ1n) is 5.82. The third-order valence-electron chi connectivity index (χ3n) is 3.40. The van der Waals surface area contributed by atoms with E-state index in [-0.39, 0.29) is 24.3 Å². The van der Waals surface area contributed by atoms with E-state index in [2.05, 4.69) is 25.5 Å². The minimum absolute atomic E-state index is 0.184. The van der Waals surface area contributed by atoms with Gasteiger partial charge in [0.2, 0.25) is 0 Å². The molecule has 15 heavy (non-hydrogen) atoms. The van der Waals surface area contributed by atoms with Crippen LogP contribution in [0.5, 0.6) is 0 Å². The number of cyclic esters (lactones) is 2. The second-order valence-corrected chi connectivity index (χ2v) is 4.52. The molecule has 1 aliphatic heterocycles. The first-order valence-corrected chi connectivity index (χ1v) is 5.82. The normalized spacial score (nSPS) is 25.1. The van der Waals surface area contributed by atoms with Gasteiger partial charge in [-0.25, -0.2) is 0 Å². The monoisotopic (exact) mass is 212 g/mol. The molecule has 0 saturated carbocycles. The van der Waals surface area contributed by atoms with Crippen LogP contribution < -0.4 is 0 Å². The maximum Gasteiger partial charge on any atom is 0.317 e. The molecule has 1 aliphatic rings. The molecular weight excluding hydrogens is 192 g/mol. The predicted octanol–water partition coefficient (Wildman–Crippen LogP) is 2.54. The van der Waals surface area contributed by atoms with Crippen LogP contribution in [0.4, 0.5) is 0 Å². The van der Waals surface area contributed by atoms with Gasteiger partial charge in [-0.1, -0.05) is 33.6 Å². The highest BCUT2D eigenvalue weighted by Crippen LogP contribution is 2.32. The van der Waals surface area contributed by atoms with Crippen molar-refractivity contribution in [2.45, 2.75) is 46.5 Å². The predicted molar refractivity (Wildman–Crippen MR) is 57.1 cm³/mol. The van der Waals surface area contributed by atoms with E-state index in [4.69, 9.17) is 0 Å². The van der Waals surface area contributed by atoms with Gasteiger partial charge in [-0.3, -0.25) is 9.59 Å². The summed E-state index contributed by atoms with van der Waals surface area (Å²) in [5.41, 5.74) is 0. The van der Waals surface area contributed by atoms with Gasteiger partial charge in [0.1, 0.15) is 0 Å². The van der Waals surface area contributed by atoms with Gasteiger partial charge in [0.25, 0.3) is 0 Å². The SMILES string of the molecule is CCC(C)CC(CC)C1CC(=O)OC1=O. The van der Waals surface area contributed by atoms with E-state index in [0.717, 1.165) is 19.3 Å². The molecule has 0 aromatic rings. The van der Waals surface area contributed by atoms with Crippen LogP contribution in [0.15, 0.2) is 0 Å². The van der Waals surface area contributed by atoms with E-state index in [0.29, 0.717) is 11.8 Å². The Kier molecular flexibility index (Phi) is 4.30. The highest BCUT2D eigenvalue weighted by Gasteiger charge is 2.38. The lowest BCUT2D eigenvalue weighted by molar-refractivity contribution is -0.153. The molecule has 0 amide bonds. The first kappa shape index (κ1) is 12.2. The summed E-state index contributed by atoms with van der Waals surface area (Å²) in [6.07, 6.45) is 3.36. The number of hydrogen-bond donors (Lipinski definition) is 0. The molecule has 1 saturated heterocycles. The summed E-state index contributed by atoms with van der Waals surface area (Å²) in [5, 5.41) is 0. The molecule has 0 spiro atoms. The summed E-state index contributed by atoms with van der Waals surface area (Å²) in [5.74, 6) is 0.0663. The van der Waals surface area contributed by atoms with E-state index >= 15 is 0 Å². The number of rotatable bonds is 5. The fourth-order valence-corrected chi connectivity index (χ4v) is 2.15. The Hall–Kier alpha value is -0.860. The van der Waals surface area contributed by atoms with Crippen molar-refractivity contribution >= 4 is 11.9 Å². The maximum absolute atomic E-state index is 11.4. The summed E-state index contributed by atoms with van der Waals surface area (Å²) in [6, 6.07) is 0. The number of hydrogen-bond acceptors (Lipinski definition) is 3. The molecule has 0 aromatic carbocycles. The number of carbonyl (C=O) groups excluding carboxylic acids is 2. The summed E-state index contributed by atoms with van der Waals surface area (Å²) in [6.45, 7) is 6.41. The van der Waals surface area contributed by atoms with E-state index in [1.807, 2.05) is 0 Å². The summed E-state index contributed by atoms with van der Waals surface area (Å²) < 4.78 is 4.59. The Morgan fingerprint density at radius 3 is 2.40 bits per heavy atom.